The van der Waals surface area contributed by atoms with Crippen LogP contribution in [0.3, 0.4) is 0 Å². The maximum absolute atomic E-state index is 6.78. The highest BCUT2D eigenvalue weighted by molar-refractivity contribution is 6.25. The first-order chi connectivity index (χ1) is 7.97. The molecule has 17 heavy (non-hydrogen) atoms. The van der Waals surface area contributed by atoms with Crippen molar-refractivity contribution in [3.63, 3.8) is 0 Å². The van der Waals surface area contributed by atoms with Gasteiger partial charge in [0.05, 0.1) is 12.0 Å². The van der Waals surface area contributed by atoms with Crippen molar-refractivity contribution in [2.24, 2.45) is 5.41 Å². The minimum atomic E-state index is -0.467. The molecule has 0 bridgehead atoms. The number of methoxy groups -OCH3 is 1. The number of ether oxygens (including phenoxy) is 1. The summed E-state index contributed by atoms with van der Waals surface area (Å²) in [7, 11) is 1.68. The van der Waals surface area contributed by atoms with Gasteiger partial charge in [0.25, 0.3) is 0 Å². The Hall–Kier alpha value is -0.950. The molecule has 1 aromatic carbocycles. The van der Waals surface area contributed by atoms with Gasteiger partial charge in [-0.25, -0.2) is 0 Å². The molecule has 0 spiro atoms. The normalized spacial score (nSPS) is 26.8. The van der Waals surface area contributed by atoms with Crippen molar-refractivity contribution in [3.8, 4) is 5.75 Å². The van der Waals surface area contributed by atoms with E-state index in [1.165, 1.54) is 0 Å². The van der Waals surface area contributed by atoms with Crippen LogP contribution >= 0.6 is 11.6 Å². The molecule has 2 rings (SSSR count). The summed E-state index contributed by atoms with van der Waals surface area (Å²) in [5, 5.41) is 0. The zero-order valence-electron chi connectivity index (χ0n) is 10.5. The Balaban J connectivity index is 2.44. The Labute approximate surface area is 108 Å². The van der Waals surface area contributed by atoms with Crippen LogP contribution < -0.4 is 4.74 Å². The van der Waals surface area contributed by atoms with Crippen LogP contribution in [0, 0.1) is 11.8 Å². The number of alkyl halides is 1. The van der Waals surface area contributed by atoms with Crippen LogP contribution in [0.4, 0.5) is 0 Å². The lowest BCUT2D eigenvalue weighted by atomic mass is 9.73. The molecule has 91 valence electrons. The monoisotopic (exact) mass is 249 g/mol. The molecule has 1 radical (unpaired) electrons. The first kappa shape index (κ1) is 12.5. The maximum atomic E-state index is 6.78. The summed E-state index contributed by atoms with van der Waals surface area (Å²) < 4.78 is 5.40. The molecule has 1 aliphatic carbocycles. The summed E-state index contributed by atoms with van der Waals surface area (Å²) in [6, 6.07) is 7.96. The molecule has 1 aliphatic rings. The lowest BCUT2D eigenvalue weighted by Gasteiger charge is -2.37. The number of halogens is 1. The molecule has 1 unspecified atom stereocenters. The molecule has 0 heterocycles. The van der Waals surface area contributed by atoms with Crippen molar-refractivity contribution in [2.75, 3.05) is 7.11 Å². The van der Waals surface area contributed by atoms with Gasteiger partial charge in [0.2, 0.25) is 0 Å². The third-order valence-electron chi connectivity index (χ3n) is 3.18. The van der Waals surface area contributed by atoms with Crippen LogP contribution in [0.1, 0.15) is 25.8 Å². The molecule has 1 aromatic rings. The Kier molecular flexibility index (Phi) is 3.22. The van der Waals surface area contributed by atoms with Crippen molar-refractivity contribution in [1.82, 2.24) is 0 Å². The summed E-state index contributed by atoms with van der Waals surface area (Å²) in [4.78, 5) is -0.467. The molecular formula is C15H18ClO. The van der Waals surface area contributed by atoms with E-state index in [2.05, 4.69) is 32.4 Å². The van der Waals surface area contributed by atoms with Crippen molar-refractivity contribution in [3.05, 3.63) is 48.4 Å². The van der Waals surface area contributed by atoms with E-state index in [1.54, 1.807) is 7.11 Å². The highest BCUT2D eigenvalue weighted by Crippen LogP contribution is 2.48. The zero-order valence-corrected chi connectivity index (χ0v) is 11.3. The van der Waals surface area contributed by atoms with Gasteiger partial charge in [0, 0.05) is 5.56 Å². The molecule has 0 amide bonds. The first-order valence-corrected chi connectivity index (χ1v) is 6.21. The Morgan fingerprint density at radius 3 is 2.59 bits per heavy atom. The molecule has 0 saturated carbocycles. The topological polar surface area (TPSA) is 9.23 Å². The predicted octanol–water partition coefficient (Wildman–Crippen LogP) is 4.32. The second-order valence-electron chi connectivity index (χ2n) is 5.25. The molecule has 0 saturated heterocycles. The van der Waals surface area contributed by atoms with Crippen molar-refractivity contribution >= 4 is 11.6 Å². The van der Waals surface area contributed by atoms with E-state index in [1.807, 2.05) is 24.3 Å². The SMILES string of the molecule is COc1ccccc1C1(Cl)C=C[CH]C(C)(C)C1. The number of hydrogen-bond donors (Lipinski definition) is 0. The Morgan fingerprint density at radius 1 is 1.24 bits per heavy atom. The molecule has 0 fully saturated rings. The summed E-state index contributed by atoms with van der Waals surface area (Å²) in [5.41, 5.74) is 1.15. The molecule has 1 nitrogen and oxygen atoms in total. The number of hydrogen-bond acceptors (Lipinski definition) is 1. The highest BCUT2D eigenvalue weighted by Gasteiger charge is 2.38. The van der Waals surface area contributed by atoms with Gasteiger partial charge in [-0.05, 0) is 24.3 Å². The van der Waals surface area contributed by atoms with Crippen LogP contribution in [0.5, 0.6) is 5.75 Å². The van der Waals surface area contributed by atoms with E-state index in [0.29, 0.717) is 0 Å². The average molecular weight is 250 g/mol. The highest BCUT2D eigenvalue weighted by atomic mass is 35.5. The number of benzene rings is 1. The molecule has 2 heteroatoms. The number of para-hydroxylation sites is 1. The smallest absolute Gasteiger partial charge is 0.124 e. The quantitative estimate of drug-likeness (QED) is 0.710. The van der Waals surface area contributed by atoms with E-state index in [0.717, 1.165) is 17.7 Å². The van der Waals surface area contributed by atoms with E-state index in [4.69, 9.17) is 16.3 Å². The van der Waals surface area contributed by atoms with Gasteiger partial charge in [0.15, 0.2) is 0 Å². The lowest BCUT2D eigenvalue weighted by Crippen LogP contribution is -2.29. The van der Waals surface area contributed by atoms with E-state index >= 15 is 0 Å². The Morgan fingerprint density at radius 2 is 1.94 bits per heavy atom. The third-order valence-corrected chi connectivity index (χ3v) is 3.64. The van der Waals surface area contributed by atoms with Gasteiger partial charge in [-0.3, -0.25) is 0 Å². The fourth-order valence-corrected chi connectivity index (χ4v) is 2.99. The lowest BCUT2D eigenvalue weighted by molar-refractivity contribution is 0.347. The minimum Gasteiger partial charge on any atom is -0.496 e. The van der Waals surface area contributed by atoms with Gasteiger partial charge in [0.1, 0.15) is 5.75 Å². The number of rotatable bonds is 2. The predicted molar refractivity (Wildman–Crippen MR) is 72.4 cm³/mol. The fraction of sp³-hybridized carbons (Fsp3) is 0.400. The summed E-state index contributed by atoms with van der Waals surface area (Å²) in [6.07, 6.45) is 7.18. The maximum Gasteiger partial charge on any atom is 0.124 e. The van der Waals surface area contributed by atoms with Gasteiger partial charge >= 0.3 is 0 Å². The first-order valence-electron chi connectivity index (χ1n) is 5.83. The van der Waals surface area contributed by atoms with Gasteiger partial charge in [-0.15, -0.1) is 11.6 Å². The van der Waals surface area contributed by atoms with Crippen LogP contribution in [0.15, 0.2) is 36.4 Å². The molecule has 0 aromatic heterocycles. The van der Waals surface area contributed by atoms with Gasteiger partial charge < -0.3 is 4.74 Å². The Bertz CT molecular complexity index is 436. The van der Waals surface area contributed by atoms with Gasteiger partial charge in [-0.2, -0.15) is 0 Å². The van der Waals surface area contributed by atoms with E-state index < -0.39 is 4.87 Å². The third kappa shape index (κ3) is 2.50. The molecule has 1 atom stereocenters. The second-order valence-corrected chi connectivity index (χ2v) is 5.93. The summed E-state index contributed by atoms with van der Waals surface area (Å²) in [6.45, 7) is 4.39. The average Bonchev–Trinajstić information content (AvgIpc) is 2.27. The van der Waals surface area contributed by atoms with Crippen LogP contribution in [-0.2, 0) is 4.87 Å². The zero-order chi connectivity index (χ0) is 12.5. The fourth-order valence-electron chi connectivity index (χ4n) is 2.42. The second kappa shape index (κ2) is 4.38. The standard InChI is InChI=1S/C15H18ClO/c1-14(2)9-6-10-15(16,11-14)12-7-4-5-8-13(12)17-3/h4-10H,11H2,1-3H3. The van der Waals surface area contributed by atoms with Crippen LogP contribution in [0.2, 0.25) is 0 Å². The van der Waals surface area contributed by atoms with Crippen LogP contribution in [-0.4, -0.2) is 7.11 Å². The summed E-state index contributed by atoms with van der Waals surface area (Å²) in [5.74, 6) is 0.852. The molecular weight excluding hydrogens is 232 g/mol. The largest absolute Gasteiger partial charge is 0.496 e. The van der Waals surface area contributed by atoms with Crippen molar-refractivity contribution in [2.45, 2.75) is 25.1 Å². The molecule has 0 N–H and O–H groups in total. The van der Waals surface area contributed by atoms with E-state index in [9.17, 15) is 0 Å². The van der Waals surface area contributed by atoms with Crippen molar-refractivity contribution in [1.29, 1.82) is 0 Å². The van der Waals surface area contributed by atoms with E-state index in [-0.39, 0.29) is 5.41 Å². The van der Waals surface area contributed by atoms with Gasteiger partial charge in [-0.1, -0.05) is 44.2 Å². The minimum absolute atomic E-state index is 0.108. The number of allylic oxidation sites excluding steroid dienone is 2. The van der Waals surface area contributed by atoms with Crippen molar-refractivity contribution < 1.29 is 4.74 Å². The molecule has 0 aliphatic heterocycles. The summed E-state index contributed by atoms with van der Waals surface area (Å²) >= 11 is 6.78. The van der Waals surface area contributed by atoms with Crippen LogP contribution in [0.25, 0.3) is 0 Å².